The van der Waals surface area contributed by atoms with E-state index in [1.807, 2.05) is 24.3 Å². The number of cyclic esters (lactones) is 1. The van der Waals surface area contributed by atoms with Gasteiger partial charge in [-0.3, -0.25) is 4.90 Å². The molecule has 2 aromatic rings. The molecular weight excluding hydrogens is 423 g/mol. The minimum absolute atomic E-state index is 0.0699. The molecule has 0 aromatic heterocycles. The third-order valence-corrected chi connectivity index (χ3v) is 7.96. The van der Waals surface area contributed by atoms with Gasteiger partial charge in [0.25, 0.3) is 0 Å². The summed E-state index contributed by atoms with van der Waals surface area (Å²) in [6.45, 7) is 0.782. The van der Waals surface area contributed by atoms with Crippen LogP contribution in [-0.2, 0) is 21.4 Å². The Bertz CT molecular complexity index is 1000. The van der Waals surface area contributed by atoms with Crippen molar-refractivity contribution in [3.63, 3.8) is 0 Å². The molecule has 6 nitrogen and oxygen atoms in total. The smallest absolute Gasteiger partial charge is 0.414 e. The van der Waals surface area contributed by atoms with Crippen molar-refractivity contribution >= 4 is 45.0 Å². The van der Waals surface area contributed by atoms with Gasteiger partial charge >= 0.3 is 6.09 Å². The number of rotatable bonds is 3. The molecule has 1 amide bonds. The Balaban J connectivity index is 1.55. The topological polar surface area (TPSA) is 66.9 Å². The fourth-order valence-corrected chi connectivity index (χ4v) is 6.28. The van der Waals surface area contributed by atoms with Gasteiger partial charge in [-0.15, -0.1) is 0 Å². The third kappa shape index (κ3) is 3.37. The summed E-state index contributed by atoms with van der Waals surface area (Å²) >= 11 is 12.2. The summed E-state index contributed by atoms with van der Waals surface area (Å²) in [5.74, 6) is 0. The number of ether oxygens (including phenoxy) is 1. The number of amides is 1. The first-order valence-corrected chi connectivity index (χ1v) is 11.1. The Labute approximate surface area is 173 Å². The lowest BCUT2D eigenvalue weighted by Gasteiger charge is -2.39. The summed E-state index contributed by atoms with van der Waals surface area (Å²) in [4.78, 5) is 14.0. The van der Waals surface area contributed by atoms with Crippen molar-refractivity contribution in [3.05, 3.63) is 58.1 Å². The van der Waals surface area contributed by atoms with Gasteiger partial charge in [0.2, 0.25) is 10.0 Å². The lowest BCUT2D eigenvalue weighted by atomic mass is 10.0. The van der Waals surface area contributed by atoms with Crippen molar-refractivity contribution < 1.29 is 17.9 Å². The zero-order valence-electron chi connectivity index (χ0n) is 14.8. The molecule has 0 radical (unpaired) electrons. The minimum Gasteiger partial charge on any atom is -0.444 e. The molecule has 0 aliphatic carbocycles. The lowest BCUT2D eigenvalue weighted by Crippen LogP contribution is -2.50. The standard InChI is InChI=1S/C19H18Cl2N2O4S/c20-15-5-3-6-16(21)18(15)28(25,26)22-10-8-14(9-11-22)23-17-7-2-1-4-13(17)12-27-19(23)24/h1-7,14H,8-12H2. The van der Waals surface area contributed by atoms with E-state index in [2.05, 4.69) is 0 Å². The first-order chi connectivity index (χ1) is 13.4. The highest BCUT2D eigenvalue weighted by Crippen LogP contribution is 2.35. The Hall–Kier alpha value is -1.80. The van der Waals surface area contributed by atoms with E-state index in [1.165, 1.54) is 16.4 Å². The second-order valence-corrected chi connectivity index (χ2v) is 9.43. The number of benzene rings is 2. The monoisotopic (exact) mass is 440 g/mol. The Morgan fingerprint density at radius 2 is 1.61 bits per heavy atom. The quantitative estimate of drug-likeness (QED) is 0.713. The molecular formula is C19H18Cl2N2O4S. The highest BCUT2D eigenvalue weighted by atomic mass is 35.5. The number of sulfonamides is 1. The second-order valence-electron chi connectivity index (χ2n) is 6.74. The Morgan fingerprint density at radius 3 is 2.29 bits per heavy atom. The molecule has 2 aliphatic rings. The molecule has 28 heavy (non-hydrogen) atoms. The van der Waals surface area contributed by atoms with Crippen molar-refractivity contribution in [1.82, 2.24) is 4.31 Å². The van der Waals surface area contributed by atoms with Crippen molar-refractivity contribution in [2.45, 2.75) is 30.4 Å². The van der Waals surface area contributed by atoms with E-state index >= 15 is 0 Å². The molecule has 2 heterocycles. The molecule has 1 saturated heterocycles. The van der Waals surface area contributed by atoms with Crippen molar-refractivity contribution in [2.75, 3.05) is 18.0 Å². The van der Waals surface area contributed by atoms with Gasteiger partial charge in [-0.05, 0) is 31.0 Å². The molecule has 0 atom stereocenters. The molecule has 9 heteroatoms. The van der Waals surface area contributed by atoms with E-state index < -0.39 is 16.1 Å². The van der Waals surface area contributed by atoms with Gasteiger partial charge in [0.1, 0.15) is 11.5 Å². The van der Waals surface area contributed by atoms with E-state index in [0.29, 0.717) is 12.8 Å². The summed E-state index contributed by atoms with van der Waals surface area (Å²) in [7, 11) is -3.82. The van der Waals surface area contributed by atoms with Crippen LogP contribution < -0.4 is 4.90 Å². The molecule has 0 spiro atoms. The molecule has 0 bridgehead atoms. The molecule has 0 unspecified atom stereocenters. The van der Waals surface area contributed by atoms with Crippen molar-refractivity contribution in [1.29, 1.82) is 0 Å². The number of anilines is 1. The Kier molecular flexibility index (Phi) is 5.26. The predicted octanol–water partition coefficient (Wildman–Crippen LogP) is 4.30. The van der Waals surface area contributed by atoms with Crippen LogP contribution in [0.15, 0.2) is 47.4 Å². The predicted molar refractivity (Wildman–Crippen MR) is 107 cm³/mol. The van der Waals surface area contributed by atoms with Gasteiger partial charge < -0.3 is 4.74 Å². The van der Waals surface area contributed by atoms with Gasteiger partial charge in [-0.25, -0.2) is 13.2 Å². The van der Waals surface area contributed by atoms with Crippen LogP contribution in [0.5, 0.6) is 0 Å². The first-order valence-electron chi connectivity index (χ1n) is 8.87. The fourth-order valence-electron chi connectivity index (χ4n) is 3.72. The average Bonchev–Trinajstić information content (AvgIpc) is 2.68. The highest BCUT2D eigenvalue weighted by Gasteiger charge is 2.38. The van der Waals surface area contributed by atoms with Crippen LogP contribution >= 0.6 is 23.2 Å². The molecule has 0 saturated carbocycles. The van der Waals surface area contributed by atoms with Crippen LogP contribution in [0.3, 0.4) is 0 Å². The van der Waals surface area contributed by atoms with Crippen molar-refractivity contribution in [2.24, 2.45) is 0 Å². The third-order valence-electron chi connectivity index (χ3n) is 5.10. The molecule has 1 fully saturated rings. The molecule has 148 valence electrons. The largest absolute Gasteiger partial charge is 0.444 e. The highest BCUT2D eigenvalue weighted by molar-refractivity contribution is 7.89. The maximum absolute atomic E-state index is 13.0. The van der Waals surface area contributed by atoms with Gasteiger partial charge in [0.15, 0.2) is 0 Å². The summed E-state index contributed by atoms with van der Waals surface area (Å²) in [5, 5.41) is 0.200. The van der Waals surface area contributed by atoms with Crippen LogP contribution in [0.4, 0.5) is 10.5 Å². The van der Waals surface area contributed by atoms with E-state index in [0.717, 1.165) is 11.3 Å². The van der Waals surface area contributed by atoms with Crippen LogP contribution in [0.25, 0.3) is 0 Å². The summed E-state index contributed by atoms with van der Waals surface area (Å²) in [6, 6.07) is 12.1. The fraction of sp³-hybridized carbons (Fsp3) is 0.316. The number of hydrogen-bond donors (Lipinski definition) is 0. The van der Waals surface area contributed by atoms with Gasteiger partial charge in [-0.1, -0.05) is 47.5 Å². The normalized spacial score (nSPS) is 18.6. The molecule has 0 N–H and O–H groups in total. The van der Waals surface area contributed by atoms with E-state index in [4.69, 9.17) is 27.9 Å². The van der Waals surface area contributed by atoms with Crippen LogP contribution in [0, 0.1) is 0 Å². The van der Waals surface area contributed by atoms with Gasteiger partial charge in [0.05, 0.1) is 15.7 Å². The van der Waals surface area contributed by atoms with Gasteiger partial charge in [-0.2, -0.15) is 4.31 Å². The van der Waals surface area contributed by atoms with E-state index in [1.54, 1.807) is 11.0 Å². The SMILES string of the molecule is O=C1OCc2ccccc2N1C1CCN(S(=O)(=O)c2c(Cl)cccc2Cl)CC1. The first kappa shape index (κ1) is 19.5. The second kappa shape index (κ2) is 7.55. The molecule has 2 aliphatic heterocycles. The van der Waals surface area contributed by atoms with Crippen LogP contribution in [0.2, 0.25) is 10.0 Å². The Morgan fingerprint density at radius 1 is 0.964 bits per heavy atom. The number of fused-ring (bicyclic) bond motifs is 1. The number of piperidine rings is 1. The summed E-state index contributed by atoms with van der Waals surface area (Å²) in [6.07, 6.45) is 0.587. The molecule has 4 rings (SSSR count). The van der Waals surface area contributed by atoms with Crippen LogP contribution in [-0.4, -0.2) is 37.9 Å². The van der Waals surface area contributed by atoms with E-state index in [-0.39, 0.29) is 40.7 Å². The number of carbonyl (C=O) groups excluding carboxylic acids is 1. The number of para-hydroxylation sites is 1. The average molecular weight is 441 g/mol. The lowest BCUT2D eigenvalue weighted by molar-refractivity contribution is 0.136. The van der Waals surface area contributed by atoms with Crippen LogP contribution in [0.1, 0.15) is 18.4 Å². The number of halogens is 2. The summed E-state index contributed by atoms with van der Waals surface area (Å²) in [5.41, 5.74) is 1.77. The van der Waals surface area contributed by atoms with Gasteiger partial charge in [0, 0.05) is 24.7 Å². The van der Waals surface area contributed by atoms with E-state index in [9.17, 15) is 13.2 Å². The zero-order valence-corrected chi connectivity index (χ0v) is 17.2. The minimum atomic E-state index is -3.82. The maximum Gasteiger partial charge on any atom is 0.414 e. The number of nitrogens with zero attached hydrogens (tertiary/aromatic N) is 2. The number of carbonyl (C=O) groups is 1. The maximum atomic E-state index is 13.0. The number of hydrogen-bond acceptors (Lipinski definition) is 4. The molecule has 2 aromatic carbocycles. The summed E-state index contributed by atoms with van der Waals surface area (Å²) < 4.78 is 32.7. The zero-order chi connectivity index (χ0) is 19.9. The van der Waals surface area contributed by atoms with Crippen molar-refractivity contribution in [3.8, 4) is 0 Å².